The Morgan fingerprint density at radius 2 is 1.76 bits per heavy atom. The van der Waals surface area contributed by atoms with Crippen LogP contribution in [0, 0.1) is 6.92 Å². The van der Waals surface area contributed by atoms with Crippen LogP contribution in [0.25, 0.3) is 11.1 Å². The van der Waals surface area contributed by atoms with Gasteiger partial charge >= 0.3 is 10.3 Å². The molecule has 0 radical (unpaired) electrons. The lowest BCUT2D eigenvalue weighted by molar-refractivity contribution is 0.339. The minimum absolute atomic E-state index is 0.0723. The SMILES string of the molecule is CCOc1cc(Cc2cnc(N)nc2N)cc(OS(=O)(=O)N(C)CC)c1-c1ccc(N)c(C)c1. The van der Waals surface area contributed by atoms with Crippen LogP contribution >= 0.6 is 0 Å². The summed E-state index contributed by atoms with van der Waals surface area (Å²) in [5.41, 5.74) is 21.6. The zero-order valence-electron chi connectivity index (χ0n) is 19.7. The van der Waals surface area contributed by atoms with Gasteiger partial charge in [-0.3, -0.25) is 0 Å². The van der Waals surface area contributed by atoms with E-state index in [0.29, 0.717) is 46.7 Å². The predicted molar refractivity (Wildman–Crippen MR) is 134 cm³/mol. The number of anilines is 3. The van der Waals surface area contributed by atoms with Crippen LogP contribution in [0.15, 0.2) is 36.5 Å². The Labute approximate surface area is 200 Å². The molecule has 10 nitrogen and oxygen atoms in total. The molecule has 2 aromatic carbocycles. The fourth-order valence-corrected chi connectivity index (χ4v) is 4.12. The van der Waals surface area contributed by atoms with Gasteiger partial charge in [0.25, 0.3) is 0 Å². The van der Waals surface area contributed by atoms with E-state index in [1.165, 1.54) is 13.2 Å². The van der Waals surface area contributed by atoms with Crippen molar-refractivity contribution in [2.75, 3.05) is 37.4 Å². The highest BCUT2D eigenvalue weighted by molar-refractivity contribution is 7.84. The number of hydrogen-bond donors (Lipinski definition) is 3. The monoisotopic (exact) mass is 486 g/mol. The molecule has 0 amide bonds. The second-order valence-corrected chi connectivity index (χ2v) is 9.39. The van der Waals surface area contributed by atoms with Crippen LogP contribution in [0.2, 0.25) is 0 Å². The molecule has 3 rings (SSSR count). The fourth-order valence-electron chi connectivity index (χ4n) is 3.32. The van der Waals surface area contributed by atoms with Gasteiger partial charge in [-0.2, -0.15) is 17.7 Å². The second-order valence-electron chi connectivity index (χ2n) is 7.74. The first-order valence-corrected chi connectivity index (χ1v) is 12.1. The highest BCUT2D eigenvalue weighted by Gasteiger charge is 2.24. The Morgan fingerprint density at radius 3 is 2.38 bits per heavy atom. The summed E-state index contributed by atoms with van der Waals surface area (Å²) >= 11 is 0. The van der Waals surface area contributed by atoms with Gasteiger partial charge in [-0.1, -0.05) is 13.0 Å². The molecule has 0 aliphatic carbocycles. The van der Waals surface area contributed by atoms with Gasteiger partial charge in [0.15, 0.2) is 5.75 Å². The van der Waals surface area contributed by atoms with Gasteiger partial charge in [0.2, 0.25) is 5.95 Å². The maximum Gasteiger partial charge on any atom is 0.384 e. The summed E-state index contributed by atoms with van der Waals surface area (Å²) in [5.74, 6) is 0.899. The molecule has 0 aliphatic heterocycles. The van der Waals surface area contributed by atoms with Gasteiger partial charge in [0.1, 0.15) is 11.6 Å². The number of nitrogen functional groups attached to an aromatic ring is 3. The van der Waals surface area contributed by atoms with Crippen molar-refractivity contribution in [3.8, 4) is 22.6 Å². The standard InChI is InChI=1S/C23H30N6O4S/c1-5-29(4)34(30,31)33-20-12-15(10-17-13-27-23(26)28-22(17)25)11-19(32-6-2)21(20)16-7-8-18(24)14(3)9-16/h7-9,11-13H,5-6,10,24H2,1-4H3,(H4,25,26,27,28). The number of aryl methyl sites for hydroxylation is 1. The smallest absolute Gasteiger partial charge is 0.384 e. The van der Waals surface area contributed by atoms with Crippen LogP contribution in [-0.2, 0) is 16.7 Å². The summed E-state index contributed by atoms with van der Waals surface area (Å²) in [4.78, 5) is 8.00. The van der Waals surface area contributed by atoms with Gasteiger partial charge in [-0.05, 0) is 54.8 Å². The number of rotatable bonds is 9. The lowest BCUT2D eigenvalue weighted by Crippen LogP contribution is -2.30. The van der Waals surface area contributed by atoms with Gasteiger partial charge < -0.3 is 26.1 Å². The molecule has 0 bridgehead atoms. The largest absolute Gasteiger partial charge is 0.493 e. The molecule has 1 aromatic heterocycles. The molecular formula is C23H30N6O4S. The summed E-state index contributed by atoms with van der Waals surface area (Å²) < 4.78 is 38.4. The van der Waals surface area contributed by atoms with Crippen LogP contribution in [0.3, 0.4) is 0 Å². The summed E-state index contributed by atoms with van der Waals surface area (Å²) in [6.45, 7) is 6.05. The van der Waals surface area contributed by atoms with Crippen molar-refractivity contribution in [1.29, 1.82) is 0 Å². The Kier molecular flexibility index (Phi) is 7.48. The van der Waals surface area contributed by atoms with Gasteiger partial charge in [-0.25, -0.2) is 4.98 Å². The van der Waals surface area contributed by atoms with Crippen LogP contribution in [0.5, 0.6) is 11.5 Å². The zero-order valence-corrected chi connectivity index (χ0v) is 20.5. The molecule has 6 N–H and O–H groups in total. The van der Waals surface area contributed by atoms with E-state index >= 15 is 0 Å². The van der Waals surface area contributed by atoms with Crippen molar-refractivity contribution < 1.29 is 17.3 Å². The maximum atomic E-state index is 12.9. The Bertz CT molecular complexity index is 1300. The Morgan fingerprint density at radius 1 is 1.06 bits per heavy atom. The quantitative estimate of drug-likeness (QED) is 0.386. The summed E-state index contributed by atoms with van der Waals surface area (Å²) in [7, 11) is -2.61. The molecule has 11 heteroatoms. The molecule has 0 aliphatic rings. The van der Waals surface area contributed by atoms with Crippen LogP contribution < -0.4 is 26.1 Å². The lowest BCUT2D eigenvalue weighted by Gasteiger charge is -2.21. The highest BCUT2D eigenvalue weighted by atomic mass is 32.2. The van der Waals surface area contributed by atoms with E-state index in [-0.39, 0.29) is 24.1 Å². The molecule has 0 unspecified atom stereocenters. The minimum Gasteiger partial charge on any atom is -0.493 e. The van der Waals surface area contributed by atoms with Crippen molar-refractivity contribution in [1.82, 2.24) is 14.3 Å². The number of nitrogens with two attached hydrogens (primary N) is 3. The lowest BCUT2D eigenvalue weighted by atomic mass is 9.97. The fraction of sp³-hybridized carbons (Fsp3) is 0.304. The second kappa shape index (κ2) is 10.1. The third-order valence-corrected chi connectivity index (χ3v) is 6.73. The van der Waals surface area contributed by atoms with E-state index in [1.807, 2.05) is 26.0 Å². The number of hydrogen-bond acceptors (Lipinski definition) is 9. The molecule has 0 spiro atoms. The summed E-state index contributed by atoms with van der Waals surface area (Å²) in [6, 6.07) is 8.90. The number of ether oxygens (including phenoxy) is 1. The van der Waals surface area contributed by atoms with Crippen molar-refractivity contribution in [2.45, 2.75) is 27.2 Å². The molecule has 3 aromatic rings. The number of aromatic nitrogens is 2. The molecular weight excluding hydrogens is 456 g/mol. The molecule has 182 valence electrons. The Balaban J connectivity index is 2.22. The Hall–Kier alpha value is -3.57. The van der Waals surface area contributed by atoms with E-state index in [4.69, 9.17) is 26.1 Å². The molecule has 0 fully saturated rings. The molecule has 0 saturated carbocycles. The van der Waals surface area contributed by atoms with Crippen LogP contribution in [-0.4, -0.2) is 42.9 Å². The minimum atomic E-state index is -4.06. The van der Waals surface area contributed by atoms with Gasteiger partial charge in [0, 0.05) is 37.5 Å². The van der Waals surface area contributed by atoms with E-state index in [2.05, 4.69) is 9.97 Å². The van der Waals surface area contributed by atoms with E-state index < -0.39 is 10.3 Å². The first-order chi connectivity index (χ1) is 16.1. The van der Waals surface area contributed by atoms with Crippen molar-refractivity contribution in [3.63, 3.8) is 0 Å². The third kappa shape index (κ3) is 5.49. The predicted octanol–water partition coefficient (Wildman–Crippen LogP) is 2.76. The average Bonchev–Trinajstić information content (AvgIpc) is 2.77. The van der Waals surface area contributed by atoms with E-state index in [1.54, 1.807) is 25.1 Å². The van der Waals surface area contributed by atoms with Gasteiger partial charge in [-0.15, -0.1) is 0 Å². The number of benzene rings is 2. The van der Waals surface area contributed by atoms with Crippen molar-refractivity contribution in [2.24, 2.45) is 0 Å². The first-order valence-electron chi connectivity index (χ1n) is 10.7. The third-order valence-electron chi connectivity index (χ3n) is 5.32. The summed E-state index contributed by atoms with van der Waals surface area (Å²) in [6.07, 6.45) is 1.85. The van der Waals surface area contributed by atoms with Crippen LogP contribution in [0.1, 0.15) is 30.5 Å². The average molecular weight is 487 g/mol. The molecule has 0 atom stereocenters. The van der Waals surface area contributed by atoms with Crippen molar-refractivity contribution >= 4 is 27.8 Å². The maximum absolute atomic E-state index is 12.9. The first kappa shape index (κ1) is 25.1. The van der Waals surface area contributed by atoms with Gasteiger partial charge in [0.05, 0.1) is 12.2 Å². The highest BCUT2D eigenvalue weighted by Crippen LogP contribution is 2.42. The molecule has 0 saturated heterocycles. The summed E-state index contributed by atoms with van der Waals surface area (Å²) in [5, 5.41) is 0. The molecule has 34 heavy (non-hydrogen) atoms. The number of nitrogens with zero attached hydrogens (tertiary/aromatic N) is 3. The van der Waals surface area contributed by atoms with Crippen molar-refractivity contribution in [3.05, 3.63) is 53.2 Å². The topological polar surface area (TPSA) is 160 Å². The normalized spacial score (nSPS) is 11.6. The zero-order chi connectivity index (χ0) is 25.0. The van der Waals surface area contributed by atoms with Crippen LogP contribution in [0.4, 0.5) is 17.5 Å². The molecule has 1 heterocycles. The van der Waals surface area contributed by atoms with E-state index in [9.17, 15) is 8.42 Å². The van der Waals surface area contributed by atoms with E-state index in [0.717, 1.165) is 9.87 Å².